The minimum absolute atomic E-state index is 0.0462. The summed E-state index contributed by atoms with van der Waals surface area (Å²) in [5, 5.41) is 9.41. The average Bonchev–Trinajstić information content (AvgIpc) is 2.40. The Hall–Kier alpha value is -0.300. The lowest BCUT2D eigenvalue weighted by Crippen LogP contribution is -2.43. The molecular weight excluding hydrogens is 124 g/mol. The minimum atomic E-state index is 0.0462. The van der Waals surface area contributed by atoms with Gasteiger partial charge in [0.25, 0.3) is 0 Å². The molecule has 1 nitrogen and oxygen atoms in total. The fourth-order valence-electron chi connectivity index (χ4n) is 3.11. The third kappa shape index (κ3) is 0.420. The van der Waals surface area contributed by atoms with Gasteiger partial charge in [-0.3, -0.25) is 0 Å². The monoisotopic (exact) mass is 136 g/mol. The van der Waals surface area contributed by atoms with Crippen molar-refractivity contribution in [3.05, 3.63) is 12.2 Å². The Balaban J connectivity index is 1.96. The van der Waals surface area contributed by atoms with Crippen LogP contribution in [0.25, 0.3) is 0 Å². The molecule has 0 aromatic rings. The van der Waals surface area contributed by atoms with Crippen molar-refractivity contribution in [2.75, 3.05) is 0 Å². The van der Waals surface area contributed by atoms with Gasteiger partial charge in [0.2, 0.25) is 0 Å². The van der Waals surface area contributed by atoms with Gasteiger partial charge in [0.05, 0.1) is 6.10 Å². The molecule has 3 aliphatic carbocycles. The van der Waals surface area contributed by atoms with Gasteiger partial charge in [-0.25, -0.2) is 0 Å². The van der Waals surface area contributed by atoms with Crippen LogP contribution in [0.2, 0.25) is 0 Å². The van der Waals surface area contributed by atoms with Crippen LogP contribution in [-0.2, 0) is 0 Å². The van der Waals surface area contributed by atoms with Gasteiger partial charge in [-0.15, -0.1) is 0 Å². The molecule has 2 saturated carbocycles. The standard InChI is InChI=1S/C9H12O/c10-8-4-7-5-1-2-6(3-5)9(7)8/h1-2,5-10H,3-4H2/t5-,6+,7-,8-,9+/m1/s1. The first-order chi connectivity index (χ1) is 4.86. The molecule has 0 saturated heterocycles. The average molecular weight is 136 g/mol. The molecule has 1 heteroatoms. The number of hydrogen-bond acceptors (Lipinski definition) is 1. The van der Waals surface area contributed by atoms with Crippen LogP contribution in [-0.4, -0.2) is 11.2 Å². The van der Waals surface area contributed by atoms with Crippen LogP contribution in [0.4, 0.5) is 0 Å². The second kappa shape index (κ2) is 1.48. The van der Waals surface area contributed by atoms with E-state index >= 15 is 0 Å². The summed E-state index contributed by atoms with van der Waals surface area (Å²) in [5.41, 5.74) is 0. The highest BCUT2D eigenvalue weighted by molar-refractivity contribution is 5.18. The second-order valence-electron chi connectivity index (χ2n) is 3.99. The lowest BCUT2D eigenvalue weighted by atomic mass is 9.66. The zero-order chi connectivity index (χ0) is 6.72. The number of hydrogen-bond donors (Lipinski definition) is 1. The van der Waals surface area contributed by atoms with E-state index in [1.54, 1.807) is 0 Å². The van der Waals surface area contributed by atoms with Crippen molar-refractivity contribution in [3.8, 4) is 0 Å². The van der Waals surface area contributed by atoms with Gasteiger partial charge >= 0.3 is 0 Å². The van der Waals surface area contributed by atoms with E-state index in [1.807, 2.05) is 0 Å². The third-order valence-electron chi connectivity index (χ3n) is 3.65. The van der Waals surface area contributed by atoms with Crippen LogP contribution in [0, 0.1) is 23.7 Å². The Morgan fingerprint density at radius 2 is 1.90 bits per heavy atom. The molecule has 0 aliphatic heterocycles. The number of allylic oxidation sites excluding steroid dienone is 2. The first kappa shape index (κ1) is 5.36. The van der Waals surface area contributed by atoms with Crippen molar-refractivity contribution in [2.24, 2.45) is 23.7 Å². The van der Waals surface area contributed by atoms with Gasteiger partial charge < -0.3 is 5.11 Å². The Morgan fingerprint density at radius 1 is 1.10 bits per heavy atom. The summed E-state index contributed by atoms with van der Waals surface area (Å²) in [6.07, 6.45) is 7.14. The van der Waals surface area contributed by atoms with E-state index in [0.717, 1.165) is 24.2 Å². The smallest absolute Gasteiger partial charge is 0.0579 e. The van der Waals surface area contributed by atoms with E-state index in [-0.39, 0.29) is 6.10 Å². The van der Waals surface area contributed by atoms with Gasteiger partial charge in [0.1, 0.15) is 0 Å². The Morgan fingerprint density at radius 3 is 2.50 bits per heavy atom. The van der Waals surface area contributed by atoms with Gasteiger partial charge in [0, 0.05) is 0 Å². The molecule has 0 aromatic carbocycles. The quantitative estimate of drug-likeness (QED) is 0.496. The van der Waals surface area contributed by atoms with E-state index in [2.05, 4.69) is 12.2 Å². The fourth-order valence-corrected chi connectivity index (χ4v) is 3.11. The summed E-state index contributed by atoms with van der Waals surface area (Å²) >= 11 is 0. The summed E-state index contributed by atoms with van der Waals surface area (Å²) < 4.78 is 0. The summed E-state index contributed by atoms with van der Waals surface area (Å²) in [6.45, 7) is 0. The van der Waals surface area contributed by atoms with E-state index in [4.69, 9.17) is 0 Å². The molecule has 0 unspecified atom stereocenters. The second-order valence-corrected chi connectivity index (χ2v) is 3.99. The number of aliphatic hydroxyl groups excluding tert-OH is 1. The molecule has 0 spiro atoms. The van der Waals surface area contributed by atoms with Crippen LogP contribution in [0.1, 0.15) is 12.8 Å². The molecule has 3 aliphatic rings. The molecule has 2 bridgehead atoms. The van der Waals surface area contributed by atoms with Crippen LogP contribution in [0.5, 0.6) is 0 Å². The Labute approximate surface area is 60.7 Å². The van der Waals surface area contributed by atoms with E-state index in [9.17, 15) is 5.11 Å². The van der Waals surface area contributed by atoms with E-state index in [1.165, 1.54) is 6.42 Å². The summed E-state index contributed by atoms with van der Waals surface area (Å²) in [5.74, 6) is 3.12. The molecule has 2 fully saturated rings. The van der Waals surface area contributed by atoms with E-state index < -0.39 is 0 Å². The van der Waals surface area contributed by atoms with Crippen LogP contribution >= 0.6 is 0 Å². The Kier molecular flexibility index (Phi) is 0.791. The van der Waals surface area contributed by atoms with Crippen molar-refractivity contribution in [1.29, 1.82) is 0 Å². The molecule has 0 aromatic heterocycles. The molecule has 10 heavy (non-hydrogen) atoms. The van der Waals surface area contributed by atoms with Gasteiger partial charge in [-0.1, -0.05) is 12.2 Å². The molecule has 0 radical (unpaired) electrons. The molecule has 0 amide bonds. The van der Waals surface area contributed by atoms with Gasteiger partial charge in [-0.05, 0) is 36.5 Å². The van der Waals surface area contributed by atoms with Crippen molar-refractivity contribution in [2.45, 2.75) is 18.9 Å². The normalized spacial score (nSPS) is 62.3. The predicted molar refractivity (Wildman–Crippen MR) is 38.3 cm³/mol. The highest BCUT2D eigenvalue weighted by atomic mass is 16.3. The SMILES string of the molecule is O[C@@H]1C[C@H]2[C@@H]1[C@H]1C=C[C@@H]2C1. The van der Waals surface area contributed by atoms with Gasteiger partial charge in [-0.2, -0.15) is 0 Å². The maximum absolute atomic E-state index is 9.41. The van der Waals surface area contributed by atoms with E-state index in [0.29, 0.717) is 5.92 Å². The molecule has 54 valence electrons. The zero-order valence-corrected chi connectivity index (χ0v) is 5.90. The maximum Gasteiger partial charge on any atom is 0.0579 e. The molecule has 5 atom stereocenters. The summed E-state index contributed by atoms with van der Waals surface area (Å²) in [6, 6.07) is 0. The van der Waals surface area contributed by atoms with Crippen LogP contribution in [0.15, 0.2) is 12.2 Å². The van der Waals surface area contributed by atoms with Crippen LogP contribution < -0.4 is 0 Å². The third-order valence-corrected chi connectivity index (χ3v) is 3.65. The molecule has 0 heterocycles. The van der Waals surface area contributed by atoms with Gasteiger partial charge in [0.15, 0.2) is 0 Å². The molecule has 3 rings (SSSR count). The first-order valence-electron chi connectivity index (χ1n) is 4.22. The highest BCUT2D eigenvalue weighted by Crippen LogP contribution is 2.57. The lowest BCUT2D eigenvalue weighted by Gasteiger charge is -2.42. The summed E-state index contributed by atoms with van der Waals surface area (Å²) in [7, 11) is 0. The van der Waals surface area contributed by atoms with Crippen LogP contribution in [0.3, 0.4) is 0 Å². The van der Waals surface area contributed by atoms with Crippen molar-refractivity contribution in [3.63, 3.8) is 0 Å². The number of rotatable bonds is 0. The van der Waals surface area contributed by atoms with Crippen molar-refractivity contribution >= 4 is 0 Å². The largest absolute Gasteiger partial charge is 0.393 e. The number of aliphatic hydroxyl groups is 1. The highest BCUT2D eigenvalue weighted by Gasteiger charge is 2.54. The van der Waals surface area contributed by atoms with Crippen molar-refractivity contribution in [1.82, 2.24) is 0 Å². The zero-order valence-electron chi connectivity index (χ0n) is 5.90. The molecule has 1 N–H and O–H groups in total. The Bertz CT molecular complexity index is 197. The summed E-state index contributed by atoms with van der Waals surface area (Å²) in [4.78, 5) is 0. The predicted octanol–water partition coefficient (Wildman–Crippen LogP) is 1.19. The fraction of sp³-hybridized carbons (Fsp3) is 0.778. The first-order valence-corrected chi connectivity index (χ1v) is 4.22. The number of fused-ring (bicyclic) bond motifs is 5. The lowest BCUT2D eigenvalue weighted by molar-refractivity contribution is -0.0386. The topological polar surface area (TPSA) is 20.2 Å². The molecular formula is C9H12O. The maximum atomic E-state index is 9.41. The minimum Gasteiger partial charge on any atom is -0.393 e. The van der Waals surface area contributed by atoms with Crippen molar-refractivity contribution < 1.29 is 5.11 Å².